The number of rotatable bonds is 5. The Kier molecular flexibility index (Phi) is 5.78. The Balaban J connectivity index is 1.78. The standard InChI is InChI=1S/C18H21ClN4O4S/c1-20(2)15-5-8-17(18(13-15)23(24)25)21-9-11-22(12-10-21)28(26,27)16-6-3-14(19)4-7-16/h3-8,13H,9-12H2,1-2H3. The van der Waals surface area contributed by atoms with Crippen LogP contribution < -0.4 is 9.80 Å². The van der Waals surface area contributed by atoms with Gasteiger partial charge >= 0.3 is 0 Å². The molecule has 0 amide bonds. The molecule has 1 aliphatic heterocycles. The number of sulfonamides is 1. The molecule has 150 valence electrons. The van der Waals surface area contributed by atoms with Crippen molar-refractivity contribution in [3.05, 3.63) is 57.6 Å². The summed E-state index contributed by atoms with van der Waals surface area (Å²) >= 11 is 5.83. The summed E-state index contributed by atoms with van der Waals surface area (Å²) in [5.41, 5.74) is 1.25. The fraction of sp³-hybridized carbons (Fsp3) is 0.333. The lowest BCUT2D eigenvalue weighted by atomic mass is 10.2. The van der Waals surface area contributed by atoms with Gasteiger partial charge in [0.2, 0.25) is 10.0 Å². The van der Waals surface area contributed by atoms with Gasteiger partial charge in [0, 0.05) is 57.1 Å². The highest BCUT2D eigenvalue weighted by atomic mass is 35.5. The van der Waals surface area contributed by atoms with Crippen LogP contribution in [0.3, 0.4) is 0 Å². The molecule has 2 aromatic rings. The molecule has 0 atom stereocenters. The van der Waals surface area contributed by atoms with Gasteiger partial charge in [0.1, 0.15) is 5.69 Å². The number of nitrogens with zero attached hydrogens (tertiary/aromatic N) is 4. The maximum atomic E-state index is 12.8. The normalized spacial score (nSPS) is 15.5. The third-order valence-corrected chi connectivity index (χ3v) is 6.87. The average Bonchev–Trinajstić information content (AvgIpc) is 2.68. The van der Waals surface area contributed by atoms with Gasteiger partial charge in [-0.2, -0.15) is 4.31 Å². The van der Waals surface area contributed by atoms with E-state index in [1.807, 2.05) is 25.1 Å². The highest BCUT2D eigenvalue weighted by Crippen LogP contribution is 2.33. The van der Waals surface area contributed by atoms with Crippen molar-refractivity contribution in [2.45, 2.75) is 4.90 Å². The molecule has 0 spiro atoms. The molecule has 0 bridgehead atoms. The molecule has 1 saturated heterocycles. The summed E-state index contributed by atoms with van der Waals surface area (Å²) in [6, 6.07) is 11.1. The zero-order valence-corrected chi connectivity index (χ0v) is 17.2. The molecular weight excluding hydrogens is 404 g/mol. The largest absolute Gasteiger partial charge is 0.377 e. The first kappa shape index (κ1) is 20.4. The Bertz CT molecular complexity index is 972. The van der Waals surface area contributed by atoms with E-state index in [4.69, 9.17) is 11.6 Å². The Morgan fingerprint density at radius 2 is 1.64 bits per heavy atom. The lowest BCUT2D eigenvalue weighted by molar-refractivity contribution is -0.384. The number of piperazine rings is 1. The second kappa shape index (κ2) is 7.94. The van der Waals surface area contributed by atoms with Crippen LogP contribution in [-0.4, -0.2) is 57.9 Å². The quantitative estimate of drug-likeness (QED) is 0.541. The number of anilines is 2. The van der Waals surface area contributed by atoms with Gasteiger partial charge in [0.05, 0.1) is 9.82 Å². The first-order chi connectivity index (χ1) is 13.2. The van der Waals surface area contributed by atoms with Gasteiger partial charge in [-0.3, -0.25) is 10.1 Å². The number of hydrogen-bond acceptors (Lipinski definition) is 6. The van der Waals surface area contributed by atoms with E-state index in [2.05, 4.69) is 0 Å². The fourth-order valence-electron chi connectivity index (χ4n) is 3.13. The van der Waals surface area contributed by atoms with E-state index >= 15 is 0 Å². The minimum Gasteiger partial charge on any atom is -0.377 e. The molecule has 8 nitrogen and oxygen atoms in total. The molecule has 3 rings (SSSR count). The van der Waals surface area contributed by atoms with Crippen molar-refractivity contribution in [2.75, 3.05) is 50.1 Å². The summed E-state index contributed by atoms with van der Waals surface area (Å²) in [6.45, 7) is 1.24. The fourth-order valence-corrected chi connectivity index (χ4v) is 4.68. The molecule has 0 N–H and O–H groups in total. The van der Waals surface area contributed by atoms with Crippen molar-refractivity contribution in [3.63, 3.8) is 0 Å². The van der Waals surface area contributed by atoms with Crippen molar-refractivity contribution in [1.82, 2.24) is 4.31 Å². The molecule has 1 aliphatic rings. The smallest absolute Gasteiger partial charge is 0.294 e. The SMILES string of the molecule is CN(C)c1ccc(N2CCN(S(=O)(=O)c3ccc(Cl)cc3)CC2)c([N+](=O)[O-])c1. The number of halogens is 1. The van der Waals surface area contributed by atoms with Crippen molar-refractivity contribution >= 4 is 38.7 Å². The van der Waals surface area contributed by atoms with Crippen molar-refractivity contribution < 1.29 is 13.3 Å². The van der Waals surface area contributed by atoms with E-state index in [-0.39, 0.29) is 23.7 Å². The summed E-state index contributed by atoms with van der Waals surface area (Å²) in [6.07, 6.45) is 0. The van der Waals surface area contributed by atoms with Gasteiger partial charge < -0.3 is 9.80 Å². The lowest BCUT2D eigenvalue weighted by Crippen LogP contribution is -2.48. The van der Waals surface area contributed by atoms with E-state index in [1.54, 1.807) is 23.1 Å². The van der Waals surface area contributed by atoms with Crippen LogP contribution in [0.4, 0.5) is 17.1 Å². The summed E-state index contributed by atoms with van der Waals surface area (Å²) < 4.78 is 27.0. The van der Waals surface area contributed by atoms with E-state index in [1.165, 1.54) is 22.5 Å². The molecule has 10 heteroatoms. The molecule has 0 unspecified atom stereocenters. The van der Waals surface area contributed by atoms with Crippen LogP contribution in [0.25, 0.3) is 0 Å². The second-order valence-electron chi connectivity index (χ2n) is 6.67. The minimum absolute atomic E-state index is 0.0141. The number of hydrogen-bond donors (Lipinski definition) is 0. The molecule has 0 radical (unpaired) electrons. The predicted octanol–water partition coefficient (Wildman–Crippen LogP) is 2.83. The Labute approximate surface area is 169 Å². The monoisotopic (exact) mass is 424 g/mol. The van der Waals surface area contributed by atoms with Gasteiger partial charge in [0.25, 0.3) is 5.69 Å². The van der Waals surface area contributed by atoms with Crippen molar-refractivity contribution in [2.24, 2.45) is 0 Å². The summed E-state index contributed by atoms with van der Waals surface area (Å²) in [5.74, 6) is 0. The Morgan fingerprint density at radius 1 is 1.04 bits per heavy atom. The third kappa shape index (κ3) is 4.06. The van der Waals surface area contributed by atoms with Crippen LogP contribution >= 0.6 is 11.6 Å². The van der Waals surface area contributed by atoms with Crippen LogP contribution in [0.5, 0.6) is 0 Å². The minimum atomic E-state index is -3.62. The second-order valence-corrected chi connectivity index (χ2v) is 9.04. The zero-order valence-electron chi connectivity index (χ0n) is 15.6. The molecule has 1 heterocycles. The molecule has 2 aromatic carbocycles. The van der Waals surface area contributed by atoms with Gasteiger partial charge in [0.15, 0.2) is 0 Å². The van der Waals surface area contributed by atoms with E-state index in [0.717, 1.165) is 5.69 Å². The van der Waals surface area contributed by atoms with Gasteiger partial charge in [-0.05, 0) is 36.4 Å². The number of nitro benzene ring substituents is 1. The maximum absolute atomic E-state index is 12.8. The summed E-state index contributed by atoms with van der Waals surface area (Å²) in [4.78, 5) is 15.0. The van der Waals surface area contributed by atoms with E-state index < -0.39 is 14.9 Å². The first-order valence-electron chi connectivity index (χ1n) is 8.66. The first-order valence-corrected chi connectivity index (χ1v) is 10.5. The summed E-state index contributed by atoms with van der Waals surface area (Å²) in [5, 5.41) is 12.0. The predicted molar refractivity (Wildman–Crippen MR) is 110 cm³/mol. The Morgan fingerprint density at radius 3 is 2.18 bits per heavy atom. The highest BCUT2D eigenvalue weighted by Gasteiger charge is 2.30. The molecule has 0 saturated carbocycles. The van der Waals surface area contributed by atoms with Gasteiger partial charge in [-0.25, -0.2) is 8.42 Å². The van der Waals surface area contributed by atoms with Crippen LogP contribution in [0.1, 0.15) is 0 Å². The molecule has 0 aromatic heterocycles. The number of benzene rings is 2. The molecule has 0 aliphatic carbocycles. The topological polar surface area (TPSA) is 87.0 Å². The third-order valence-electron chi connectivity index (χ3n) is 4.70. The molecule has 1 fully saturated rings. The lowest BCUT2D eigenvalue weighted by Gasteiger charge is -2.35. The van der Waals surface area contributed by atoms with Crippen LogP contribution in [0, 0.1) is 10.1 Å². The highest BCUT2D eigenvalue weighted by molar-refractivity contribution is 7.89. The van der Waals surface area contributed by atoms with Gasteiger partial charge in [-0.1, -0.05) is 11.6 Å². The summed E-state index contributed by atoms with van der Waals surface area (Å²) in [7, 11) is 0.0158. The Hall–Kier alpha value is -2.36. The molecule has 28 heavy (non-hydrogen) atoms. The zero-order chi connectivity index (χ0) is 20.5. The van der Waals surface area contributed by atoms with Gasteiger partial charge in [-0.15, -0.1) is 0 Å². The maximum Gasteiger partial charge on any atom is 0.294 e. The molecular formula is C18H21ClN4O4S. The van der Waals surface area contributed by atoms with E-state index in [9.17, 15) is 18.5 Å². The average molecular weight is 425 g/mol. The van der Waals surface area contributed by atoms with E-state index in [0.29, 0.717) is 23.8 Å². The van der Waals surface area contributed by atoms with Crippen LogP contribution in [0.2, 0.25) is 5.02 Å². The number of nitro groups is 1. The van der Waals surface area contributed by atoms with Crippen LogP contribution in [0.15, 0.2) is 47.4 Å². The van der Waals surface area contributed by atoms with Crippen molar-refractivity contribution in [3.8, 4) is 0 Å². The van der Waals surface area contributed by atoms with Crippen LogP contribution in [-0.2, 0) is 10.0 Å². The van der Waals surface area contributed by atoms with Crippen molar-refractivity contribution in [1.29, 1.82) is 0 Å².